The number of rotatable bonds is 4. The number of thiophene rings is 1. The summed E-state index contributed by atoms with van der Waals surface area (Å²) in [5.74, 6) is 0.467. The summed E-state index contributed by atoms with van der Waals surface area (Å²) >= 11 is 7.28. The number of H-pyrrole nitrogens is 1. The highest BCUT2D eigenvalue weighted by Crippen LogP contribution is 2.43. The van der Waals surface area contributed by atoms with Gasteiger partial charge in [-0.3, -0.25) is 10.1 Å². The maximum atomic E-state index is 13.3. The molecule has 9 heteroatoms. The molecule has 0 saturated heterocycles. The first kappa shape index (κ1) is 17.5. The minimum Gasteiger partial charge on any atom is -0.265 e. The summed E-state index contributed by atoms with van der Waals surface area (Å²) in [7, 11) is -1.59. The molecular weight excluding hydrogens is 402 g/mol. The van der Waals surface area contributed by atoms with Crippen LogP contribution in [0.25, 0.3) is 21.1 Å². The summed E-state index contributed by atoms with van der Waals surface area (Å²) in [5.41, 5.74) is 1.18. The first-order valence-electron chi connectivity index (χ1n) is 7.69. The molecule has 27 heavy (non-hydrogen) atoms. The second-order valence-electron chi connectivity index (χ2n) is 5.37. The van der Waals surface area contributed by atoms with Crippen LogP contribution in [-0.4, -0.2) is 24.4 Å². The first-order chi connectivity index (χ1) is 13.2. The standard InChI is InChI=1S/C18H10ClN5OS2/c19-12-1-3-13(4-2-12)27(25)17-14(9-20)15(11-5-7-21-8-6-11)26-16(17)18-22-10-23-24-18/h1-8,10H,(H,22,23,24). The number of halogens is 1. The molecular formula is C18H10ClN5OS2. The van der Waals surface area contributed by atoms with Crippen molar-refractivity contribution in [1.29, 1.82) is 5.26 Å². The van der Waals surface area contributed by atoms with Gasteiger partial charge in [0.1, 0.15) is 12.4 Å². The van der Waals surface area contributed by atoms with Crippen molar-refractivity contribution in [1.82, 2.24) is 20.2 Å². The van der Waals surface area contributed by atoms with Crippen LogP contribution in [0, 0.1) is 11.3 Å². The first-order valence-corrected chi connectivity index (χ1v) is 10.0. The van der Waals surface area contributed by atoms with E-state index >= 15 is 0 Å². The molecule has 4 aromatic rings. The lowest BCUT2D eigenvalue weighted by atomic mass is 10.1. The van der Waals surface area contributed by atoms with Crippen LogP contribution >= 0.6 is 22.9 Å². The van der Waals surface area contributed by atoms with Gasteiger partial charge in [-0.1, -0.05) is 11.6 Å². The van der Waals surface area contributed by atoms with E-state index in [0.717, 1.165) is 5.56 Å². The topological polar surface area (TPSA) is 95.3 Å². The Morgan fingerprint density at radius 3 is 2.48 bits per heavy atom. The Morgan fingerprint density at radius 1 is 1.11 bits per heavy atom. The Balaban J connectivity index is 1.96. The summed E-state index contributed by atoms with van der Waals surface area (Å²) in [6.07, 6.45) is 4.68. The minimum absolute atomic E-state index is 0.353. The predicted octanol–water partition coefficient (Wildman–Crippen LogP) is 4.29. The lowest BCUT2D eigenvalue weighted by molar-refractivity contribution is 0.683. The van der Waals surface area contributed by atoms with E-state index in [1.165, 1.54) is 17.7 Å². The van der Waals surface area contributed by atoms with Gasteiger partial charge in [-0.2, -0.15) is 10.4 Å². The number of aromatic nitrogens is 4. The van der Waals surface area contributed by atoms with Gasteiger partial charge < -0.3 is 0 Å². The molecule has 0 radical (unpaired) electrons. The Morgan fingerprint density at radius 2 is 1.85 bits per heavy atom. The zero-order valence-electron chi connectivity index (χ0n) is 13.6. The molecule has 0 aliphatic carbocycles. The van der Waals surface area contributed by atoms with Crippen LogP contribution in [0.1, 0.15) is 5.56 Å². The highest BCUT2D eigenvalue weighted by atomic mass is 35.5. The summed E-state index contributed by atoms with van der Waals surface area (Å²) in [6.45, 7) is 0. The van der Waals surface area contributed by atoms with Crippen LogP contribution in [0.4, 0.5) is 0 Å². The van der Waals surface area contributed by atoms with Crippen LogP contribution in [-0.2, 0) is 10.8 Å². The van der Waals surface area contributed by atoms with Gasteiger partial charge in [0.05, 0.1) is 31.0 Å². The van der Waals surface area contributed by atoms with Crippen LogP contribution < -0.4 is 0 Å². The molecule has 132 valence electrons. The highest BCUT2D eigenvalue weighted by molar-refractivity contribution is 7.85. The molecule has 1 aromatic carbocycles. The number of nitriles is 1. The fraction of sp³-hybridized carbons (Fsp3) is 0. The number of pyridine rings is 1. The largest absolute Gasteiger partial charge is 0.265 e. The van der Waals surface area contributed by atoms with Gasteiger partial charge in [0.25, 0.3) is 0 Å². The van der Waals surface area contributed by atoms with E-state index in [0.29, 0.717) is 36.0 Å². The van der Waals surface area contributed by atoms with Crippen LogP contribution in [0.15, 0.2) is 64.9 Å². The number of aromatic amines is 1. The molecule has 3 aromatic heterocycles. The van der Waals surface area contributed by atoms with Gasteiger partial charge in [0.2, 0.25) is 0 Å². The lowest BCUT2D eigenvalue weighted by Crippen LogP contribution is -1.97. The molecule has 1 atom stereocenters. The molecule has 1 unspecified atom stereocenters. The molecule has 0 aliphatic rings. The second-order valence-corrected chi connectivity index (χ2v) is 8.24. The van der Waals surface area contributed by atoms with Crippen molar-refractivity contribution in [3.8, 4) is 27.2 Å². The summed E-state index contributed by atoms with van der Waals surface area (Å²) in [4.78, 5) is 10.5. The molecule has 0 spiro atoms. The van der Waals surface area contributed by atoms with Gasteiger partial charge in [-0.05, 0) is 42.0 Å². The molecule has 3 heterocycles. The Kier molecular flexibility index (Phi) is 4.81. The third-order valence-corrected chi connectivity index (χ3v) is 6.87. The van der Waals surface area contributed by atoms with E-state index in [-0.39, 0.29) is 0 Å². The van der Waals surface area contributed by atoms with Gasteiger partial charge >= 0.3 is 0 Å². The fourth-order valence-electron chi connectivity index (χ4n) is 2.55. The normalized spacial score (nSPS) is 11.9. The molecule has 1 N–H and O–H groups in total. The molecule has 4 rings (SSSR count). The molecule has 0 amide bonds. The maximum absolute atomic E-state index is 13.3. The zero-order chi connectivity index (χ0) is 18.8. The Hall–Kier alpha value is -2.86. The predicted molar refractivity (Wildman–Crippen MR) is 104 cm³/mol. The third kappa shape index (κ3) is 3.28. The molecule has 0 bridgehead atoms. The number of nitrogens with one attached hydrogen (secondary N) is 1. The quantitative estimate of drug-likeness (QED) is 0.540. The average molecular weight is 412 g/mol. The number of hydrogen-bond donors (Lipinski definition) is 1. The van der Waals surface area contributed by atoms with Crippen molar-refractivity contribution in [2.75, 3.05) is 0 Å². The highest BCUT2D eigenvalue weighted by Gasteiger charge is 2.27. The maximum Gasteiger partial charge on any atom is 0.166 e. The second kappa shape index (κ2) is 7.40. The summed E-state index contributed by atoms with van der Waals surface area (Å²) in [6, 6.07) is 12.6. The van der Waals surface area contributed by atoms with Gasteiger partial charge in [-0.25, -0.2) is 9.19 Å². The van der Waals surface area contributed by atoms with E-state index in [4.69, 9.17) is 11.6 Å². The number of hydrogen-bond acceptors (Lipinski definition) is 6. The van der Waals surface area contributed by atoms with Crippen molar-refractivity contribution < 1.29 is 4.21 Å². The van der Waals surface area contributed by atoms with E-state index < -0.39 is 10.8 Å². The van der Waals surface area contributed by atoms with E-state index in [1.54, 1.807) is 36.7 Å². The van der Waals surface area contributed by atoms with Gasteiger partial charge in [0, 0.05) is 22.3 Å². The van der Waals surface area contributed by atoms with Crippen molar-refractivity contribution in [2.24, 2.45) is 0 Å². The number of nitrogens with zero attached hydrogens (tertiary/aromatic N) is 4. The van der Waals surface area contributed by atoms with Crippen LogP contribution in [0.3, 0.4) is 0 Å². The van der Waals surface area contributed by atoms with Crippen molar-refractivity contribution in [2.45, 2.75) is 9.79 Å². The smallest absolute Gasteiger partial charge is 0.166 e. The Labute approximate surface area is 166 Å². The molecule has 6 nitrogen and oxygen atoms in total. The minimum atomic E-state index is -1.59. The number of benzene rings is 1. The molecule has 0 saturated carbocycles. The van der Waals surface area contributed by atoms with Crippen LogP contribution in [0.2, 0.25) is 5.02 Å². The fourth-order valence-corrected chi connectivity index (χ4v) is 5.41. The monoisotopic (exact) mass is 411 g/mol. The van der Waals surface area contributed by atoms with Crippen molar-refractivity contribution in [3.63, 3.8) is 0 Å². The van der Waals surface area contributed by atoms with Crippen molar-refractivity contribution >= 4 is 33.7 Å². The third-order valence-electron chi connectivity index (χ3n) is 3.76. The molecule has 0 aliphatic heterocycles. The summed E-state index contributed by atoms with van der Waals surface area (Å²) in [5, 5.41) is 17.1. The zero-order valence-corrected chi connectivity index (χ0v) is 16.0. The summed E-state index contributed by atoms with van der Waals surface area (Å²) < 4.78 is 13.3. The van der Waals surface area contributed by atoms with E-state index in [9.17, 15) is 9.47 Å². The van der Waals surface area contributed by atoms with Crippen LogP contribution in [0.5, 0.6) is 0 Å². The van der Waals surface area contributed by atoms with E-state index in [1.807, 2.05) is 12.1 Å². The van der Waals surface area contributed by atoms with E-state index in [2.05, 4.69) is 26.2 Å². The van der Waals surface area contributed by atoms with Crippen molar-refractivity contribution in [3.05, 3.63) is 65.7 Å². The SMILES string of the molecule is N#Cc1c(-c2ccncc2)sc(-c2ncn[nH]2)c1S(=O)c1ccc(Cl)cc1. The lowest BCUT2D eigenvalue weighted by Gasteiger charge is -2.04. The average Bonchev–Trinajstić information content (AvgIpc) is 3.36. The Bertz CT molecular complexity index is 1150. The molecule has 0 fully saturated rings. The van der Waals surface area contributed by atoms with Gasteiger partial charge in [-0.15, -0.1) is 11.3 Å². The van der Waals surface area contributed by atoms with Gasteiger partial charge in [0.15, 0.2) is 5.82 Å².